The smallest absolute Gasteiger partial charge is 0.316 e. The highest BCUT2D eigenvalue weighted by molar-refractivity contribution is 5.92. The Labute approximate surface area is 267 Å². The van der Waals surface area contributed by atoms with Crippen LogP contribution >= 0.6 is 0 Å². The molecule has 1 aliphatic heterocycles. The van der Waals surface area contributed by atoms with Crippen molar-refractivity contribution < 1.29 is 14.3 Å². The van der Waals surface area contributed by atoms with Crippen molar-refractivity contribution in [2.24, 2.45) is 0 Å². The minimum Gasteiger partial charge on any atom is -0.467 e. The van der Waals surface area contributed by atoms with Crippen LogP contribution in [0.1, 0.15) is 50.2 Å². The normalized spacial score (nSPS) is 18.5. The summed E-state index contributed by atoms with van der Waals surface area (Å²) < 4.78 is 10.4. The third kappa shape index (κ3) is 7.18. The second-order valence-electron chi connectivity index (χ2n) is 11.9. The first-order chi connectivity index (χ1) is 22.4. The first kappa shape index (κ1) is 30.8. The van der Waals surface area contributed by atoms with Crippen LogP contribution < -0.4 is 20.3 Å². The van der Waals surface area contributed by atoms with E-state index >= 15 is 0 Å². The van der Waals surface area contributed by atoms with Crippen molar-refractivity contribution in [3.05, 3.63) is 72.4 Å². The fourth-order valence-electron chi connectivity index (χ4n) is 5.72. The molecule has 0 atom stereocenters. The predicted molar refractivity (Wildman–Crippen MR) is 171 cm³/mol. The molecule has 0 unspecified atom stereocenters. The molecule has 0 bridgehead atoms. The molecule has 2 aliphatic rings. The Morgan fingerprint density at radius 1 is 1.00 bits per heavy atom. The number of amides is 1. The van der Waals surface area contributed by atoms with E-state index in [2.05, 4.69) is 46.6 Å². The number of ether oxygens (including phenoxy) is 2. The van der Waals surface area contributed by atoms with Crippen LogP contribution in [0, 0.1) is 11.3 Å². The average Bonchev–Trinajstić information content (AvgIpc) is 3.08. The van der Waals surface area contributed by atoms with Crippen LogP contribution in [0.4, 0.5) is 17.7 Å². The fraction of sp³-hybridized carbons (Fsp3) is 0.394. The Kier molecular flexibility index (Phi) is 9.25. The van der Waals surface area contributed by atoms with E-state index in [0.29, 0.717) is 49.3 Å². The van der Waals surface area contributed by atoms with Gasteiger partial charge in [0.2, 0.25) is 17.8 Å². The van der Waals surface area contributed by atoms with Gasteiger partial charge in [0.05, 0.1) is 32.1 Å². The highest BCUT2D eigenvalue weighted by Crippen LogP contribution is 2.30. The molecule has 2 N–H and O–H groups in total. The van der Waals surface area contributed by atoms with Crippen molar-refractivity contribution in [3.8, 4) is 23.2 Å². The van der Waals surface area contributed by atoms with Gasteiger partial charge in [0.25, 0.3) is 0 Å². The van der Waals surface area contributed by atoms with Gasteiger partial charge in [0.15, 0.2) is 0 Å². The van der Waals surface area contributed by atoms with E-state index in [1.807, 2.05) is 37.3 Å². The summed E-state index contributed by atoms with van der Waals surface area (Å²) in [6, 6.07) is 12.5. The van der Waals surface area contributed by atoms with Crippen molar-refractivity contribution in [2.75, 3.05) is 35.9 Å². The zero-order valence-corrected chi connectivity index (χ0v) is 25.9. The van der Waals surface area contributed by atoms with E-state index in [1.54, 1.807) is 35.9 Å². The second kappa shape index (κ2) is 13.8. The number of anilines is 3. The molecule has 1 amide bonds. The molecule has 1 saturated carbocycles. The van der Waals surface area contributed by atoms with Crippen LogP contribution in [0.25, 0.3) is 11.1 Å². The molecule has 0 spiro atoms. The number of carbonyl (C=O) groups is 1. The highest BCUT2D eigenvalue weighted by Gasteiger charge is 2.35. The van der Waals surface area contributed by atoms with Crippen LogP contribution in [0.15, 0.2) is 61.3 Å². The highest BCUT2D eigenvalue weighted by atomic mass is 16.5. The van der Waals surface area contributed by atoms with E-state index in [1.165, 1.54) is 7.11 Å². The third-order valence-corrected chi connectivity index (χ3v) is 8.30. The minimum absolute atomic E-state index is 0.0135. The van der Waals surface area contributed by atoms with Crippen LogP contribution in [0.3, 0.4) is 0 Å². The molecular weight excluding hydrogens is 584 g/mol. The first-order valence-corrected chi connectivity index (χ1v) is 15.4. The molecular formula is C33H36N10O3. The Balaban J connectivity index is 1.15. The maximum absolute atomic E-state index is 13.8. The molecule has 1 saturated heterocycles. The molecule has 1 aliphatic carbocycles. The molecule has 46 heavy (non-hydrogen) atoms. The van der Waals surface area contributed by atoms with E-state index < -0.39 is 0 Å². The van der Waals surface area contributed by atoms with Crippen molar-refractivity contribution in [1.29, 1.82) is 5.26 Å². The number of hydrogen-bond donors (Lipinski definition) is 2. The number of carbonyl (C=O) groups excluding carboxylic acids is 1. The molecule has 13 nitrogen and oxygen atoms in total. The van der Waals surface area contributed by atoms with Crippen molar-refractivity contribution in [3.63, 3.8) is 0 Å². The summed E-state index contributed by atoms with van der Waals surface area (Å²) in [7, 11) is 1.52. The maximum Gasteiger partial charge on any atom is 0.316 e. The number of nitriles is 1. The minimum atomic E-state index is -0.255. The number of hydrogen-bond acceptors (Lipinski definition) is 12. The molecule has 0 radical (unpaired) electrons. The maximum atomic E-state index is 13.8. The summed E-state index contributed by atoms with van der Waals surface area (Å²) in [5.74, 6) is 1.33. The van der Waals surface area contributed by atoms with Crippen LogP contribution in [0.5, 0.6) is 6.01 Å². The number of nitrogens with one attached hydrogen (secondary N) is 2. The number of benzene rings is 1. The topological polar surface area (TPSA) is 164 Å². The third-order valence-electron chi connectivity index (χ3n) is 8.30. The Morgan fingerprint density at radius 3 is 2.28 bits per heavy atom. The van der Waals surface area contributed by atoms with Gasteiger partial charge in [-0.25, -0.2) is 24.9 Å². The van der Waals surface area contributed by atoms with Gasteiger partial charge in [-0.2, -0.15) is 10.2 Å². The van der Waals surface area contributed by atoms with Gasteiger partial charge in [0.1, 0.15) is 17.5 Å². The summed E-state index contributed by atoms with van der Waals surface area (Å²) >= 11 is 0. The fourth-order valence-corrected chi connectivity index (χ4v) is 5.72. The molecule has 4 aromatic rings. The summed E-state index contributed by atoms with van der Waals surface area (Å²) in [4.78, 5) is 42.2. The average molecular weight is 621 g/mol. The molecule has 1 aromatic carbocycles. The van der Waals surface area contributed by atoms with Gasteiger partial charge in [-0.3, -0.25) is 9.69 Å². The lowest BCUT2D eigenvalue weighted by molar-refractivity contribution is -0.119. The van der Waals surface area contributed by atoms with Crippen molar-refractivity contribution >= 4 is 23.6 Å². The second-order valence-corrected chi connectivity index (χ2v) is 11.9. The van der Waals surface area contributed by atoms with E-state index in [-0.39, 0.29) is 29.5 Å². The van der Waals surface area contributed by atoms with Gasteiger partial charge < -0.3 is 20.1 Å². The predicted octanol–water partition coefficient (Wildman–Crippen LogP) is 4.19. The number of methoxy groups -OCH3 is 1. The summed E-state index contributed by atoms with van der Waals surface area (Å²) in [6.07, 6.45) is 12.3. The van der Waals surface area contributed by atoms with Gasteiger partial charge in [-0.1, -0.05) is 30.3 Å². The van der Waals surface area contributed by atoms with Gasteiger partial charge in [-0.05, 0) is 44.6 Å². The molecule has 2 fully saturated rings. The SMILES string of the molecule is COc1ncc(-c2cnc(N(C(=O)CCc3ccccc3)C3CCC(Nc4ncc(C#N)c(NC5(C)COC5)n4)CC3)nc2)cn1. The molecule has 3 aromatic heterocycles. The lowest BCUT2D eigenvalue weighted by Crippen LogP contribution is -2.53. The summed E-state index contributed by atoms with van der Waals surface area (Å²) in [6.45, 7) is 3.14. The van der Waals surface area contributed by atoms with E-state index in [4.69, 9.17) is 9.47 Å². The number of aromatic nitrogens is 6. The van der Waals surface area contributed by atoms with Crippen LogP contribution in [-0.2, 0) is 16.0 Å². The van der Waals surface area contributed by atoms with E-state index in [0.717, 1.165) is 42.4 Å². The van der Waals surface area contributed by atoms with Gasteiger partial charge in [-0.15, -0.1) is 0 Å². The quantitative estimate of drug-likeness (QED) is 0.246. The standard InChI is InChI=1S/C33H36N10O3/c1-33(20-46-21-33)42-29-23(14-34)15-35-30(41-29)40-26-9-11-27(12-10-26)43(28(44)13-8-22-6-4-3-5-7-22)31-36-16-24(17-37-31)25-18-38-32(45-2)39-19-25/h3-7,15-19,26-27H,8-13,20-21H2,1-2H3,(H2,35,40,41,42). The zero-order chi connectivity index (χ0) is 31.9. The molecule has 13 heteroatoms. The molecule has 6 rings (SSSR count). The Morgan fingerprint density at radius 2 is 1.67 bits per heavy atom. The van der Waals surface area contributed by atoms with Crippen LogP contribution in [-0.4, -0.2) is 73.8 Å². The van der Waals surface area contributed by atoms with Crippen LogP contribution in [0.2, 0.25) is 0 Å². The Hall–Kier alpha value is -5.22. The van der Waals surface area contributed by atoms with E-state index in [9.17, 15) is 10.1 Å². The van der Waals surface area contributed by atoms with Gasteiger partial charge in [0, 0.05) is 54.4 Å². The monoisotopic (exact) mass is 620 g/mol. The Bertz CT molecular complexity index is 1670. The summed E-state index contributed by atoms with van der Waals surface area (Å²) in [5, 5.41) is 16.3. The van der Waals surface area contributed by atoms with Crippen molar-refractivity contribution in [1.82, 2.24) is 29.9 Å². The van der Waals surface area contributed by atoms with Crippen molar-refractivity contribution in [2.45, 2.75) is 63.1 Å². The number of aryl methyl sites for hydroxylation is 1. The largest absolute Gasteiger partial charge is 0.467 e. The number of nitrogens with zero attached hydrogens (tertiary/aromatic N) is 8. The lowest BCUT2D eigenvalue weighted by atomic mass is 9.90. The molecule has 4 heterocycles. The van der Waals surface area contributed by atoms with Gasteiger partial charge >= 0.3 is 6.01 Å². The first-order valence-electron chi connectivity index (χ1n) is 15.4. The lowest BCUT2D eigenvalue weighted by Gasteiger charge is -2.39. The zero-order valence-electron chi connectivity index (χ0n) is 25.9. The number of rotatable bonds is 11. The molecule has 236 valence electrons. The summed E-state index contributed by atoms with van der Waals surface area (Å²) in [5.41, 5.74) is 2.73.